The highest BCUT2D eigenvalue weighted by molar-refractivity contribution is 7.78. The van der Waals surface area contributed by atoms with Gasteiger partial charge in [-0.05, 0) is 22.8 Å². The Kier molecular flexibility index (Phi) is 5.53. The summed E-state index contributed by atoms with van der Waals surface area (Å²) in [7, 11) is 0. The Bertz CT molecular complexity index is 658. The molecule has 0 aromatic heterocycles. The van der Waals surface area contributed by atoms with Crippen molar-refractivity contribution < 1.29 is 13.9 Å². The minimum atomic E-state index is -2.17. The largest absolute Gasteiger partial charge is 0.772 e. The monoisotopic (exact) mass is 323 g/mol. The van der Waals surface area contributed by atoms with Crippen LogP contribution in [0.15, 0.2) is 42.5 Å². The van der Waals surface area contributed by atoms with Gasteiger partial charge >= 0.3 is 0 Å². The van der Waals surface area contributed by atoms with E-state index in [0.717, 1.165) is 16.7 Å². The van der Waals surface area contributed by atoms with Gasteiger partial charge in [-0.2, -0.15) is 0 Å². The van der Waals surface area contributed by atoms with E-state index in [4.69, 9.17) is 11.6 Å². The molecule has 2 unspecified atom stereocenters. The maximum absolute atomic E-state index is 11.0. The van der Waals surface area contributed by atoms with Gasteiger partial charge in [-0.25, -0.2) is 0 Å². The molecule has 2 aromatic carbocycles. The first-order chi connectivity index (χ1) is 10.0. The molecule has 0 saturated carbocycles. The van der Waals surface area contributed by atoms with Gasteiger partial charge in [-0.1, -0.05) is 66.0 Å². The average Bonchev–Trinajstić information content (AvgIpc) is 2.46. The topological polar surface area (TPSA) is 60.4 Å². The standard InChI is InChI=1S/C16H17ClO3S/c1-11(9-18)12-4-2-5-13(8-12)16-14(10-21(19)20)6-3-7-15(16)17/h2-8,11,18H,9-10H2,1H3,(H,19,20)/p-1. The maximum atomic E-state index is 11.0. The van der Waals surface area contributed by atoms with Crippen molar-refractivity contribution >= 4 is 22.7 Å². The SMILES string of the molecule is CC(CO)c1cccc(-c2c(Cl)cccc2CS(=O)[O-])c1. The second-order valence-corrected chi connectivity index (χ2v) is 6.23. The normalized spacial score (nSPS) is 13.9. The van der Waals surface area contributed by atoms with E-state index in [0.29, 0.717) is 10.6 Å². The van der Waals surface area contributed by atoms with Crippen LogP contribution in [-0.2, 0) is 16.8 Å². The van der Waals surface area contributed by atoms with Crippen molar-refractivity contribution in [3.8, 4) is 11.1 Å². The zero-order chi connectivity index (χ0) is 15.4. The molecule has 0 bridgehead atoms. The van der Waals surface area contributed by atoms with E-state index >= 15 is 0 Å². The number of hydrogen-bond donors (Lipinski definition) is 1. The Morgan fingerprint density at radius 2 is 2.00 bits per heavy atom. The van der Waals surface area contributed by atoms with Gasteiger partial charge in [0.05, 0.1) is 0 Å². The lowest BCUT2D eigenvalue weighted by Crippen LogP contribution is -2.00. The predicted octanol–water partition coefficient (Wildman–Crippen LogP) is 3.48. The molecule has 2 aromatic rings. The second-order valence-electron chi connectivity index (χ2n) is 4.93. The van der Waals surface area contributed by atoms with E-state index in [2.05, 4.69) is 0 Å². The van der Waals surface area contributed by atoms with Crippen LogP contribution in [0.3, 0.4) is 0 Å². The fraction of sp³-hybridized carbons (Fsp3) is 0.250. The van der Waals surface area contributed by atoms with Gasteiger partial charge in [0.2, 0.25) is 0 Å². The Morgan fingerprint density at radius 1 is 1.29 bits per heavy atom. The molecular weight excluding hydrogens is 308 g/mol. The van der Waals surface area contributed by atoms with Crippen molar-refractivity contribution in [3.05, 3.63) is 58.6 Å². The van der Waals surface area contributed by atoms with Crippen LogP contribution in [0.25, 0.3) is 11.1 Å². The van der Waals surface area contributed by atoms with E-state index < -0.39 is 11.1 Å². The minimum Gasteiger partial charge on any atom is -0.772 e. The summed E-state index contributed by atoms with van der Waals surface area (Å²) in [6, 6.07) is 12.9. The third-order valence-electron chi connectivity index (χ3n) is 3.39. The van der Waals surface area contributed by atoms with Crippen LogP contribution in [0.2, 0.25) is 5.02 Å². The number of benzene rings is 2. The molecule has 2 rings (SSSR count). The summed E-state index contributed by atoms with van der Waals surface area (Å²) in [6.07, 6.45) is 0. The third-order valence-corrected chi connectivity index (χ3v) is 4.25. The zero-order valence-electron chi connectivity index (χ0n) is 11.6. The number of aliphatic hydroxyl groups excluding tert-OH is 1. The molecule has 0 spiro atoms. The molecule has 0 amide bonds. The van der Waals surface area contributed by atoms with Crippen LogP contribution < -0.4 is 0 Å². The van der Waals surface area contributed by atoms with E-state index in [9.17, 15) is 13.9 Å². The Hall–Kier alpha value is -1.20. The fourth-order valence-electron chi connectivity index (χ4n) is 2.25. The van der Waals surface area contributed by atoms with Crippen molar-refractivity contribution in [1.82, 2.24) is 0 Å². The third kappa shape index (κ3) is 3.92. The second kappa shape index (κ2) is 7.18. The molecule has 5 heteroatoms. The summed E-state index contributed by atoms with van der Waals surface area (Å²) in [5, 5.41) is 9.79. The van der Waals surface area contributed by atoms with E-state index in [1.165, 1.54) is 0 Å². The molecular formula is C16H16ClO3S-. The molecule has 112 valence electrons. The van der Waals surface area contributed by atoms with Gasteiger partial charge < -0.3 is 9.66 Å². The molecule has 1 N–H and O–H groups in total. The van der Waals surface area contributed by atoms with Crippen LogP contribution >= 0.6 is 11.6 Å². The summed E-state index contributed by atoms with van der Waals surface area (Å²) in [5.74, 6) is -0.0557. The molecule has 0 aliphatic rings. The molecule has 0 heterocycles. The van der Waals surface area contributed by atoms with Crippen molar-refractivity contribution in [1.29, 1.82) is 0 Å². The molecule has 0 aliphatic heterocycles. The number of halogens is 1. The zero-order valence-corrected chi connectivity index (χ0v) is 13.2. The van der Waals surface area contributed by atoms with Crippen LogP contribution in [0.1, 0.15) is 24.0 Å². The molecule has 0 saturated heterocycles. The van der Waals surface area contributed by atoms with Gasteiger partial charge in [0.1, 0.15) is 0 Å². The molecule has 21 heavy (non-hydrogen) atoms. The lowest BCUT2D eigenvalue weighted by Gasteiger charge is -2.15. The van der Waals surface area contributed by atoms with E-state index in [1.807, 2.05) is 31.2 Å². The summed E-state index contributed by atoms with van der Waals surface area (Å²) >= 11 is 4.09. The Morgan fingerprint density at radius 3 is 2.67 bits per heavy atom. The van der Waals surface area contributed by atoms with Gasteiger partial charge in [0.15, 0.2) is 0 Å². The Labute approximate surface area is 131 Å². The lowest BCUT2D eigenvalue weighted by molar-refractivity contribution is 0.273. The first kappa shape index (κ1) is 16.2. The molecule has 2 atom stereocenters. The van der Waals surface area contributed by atoms with Crippen molar-refractivity contribution in [2.45, 2.75) is 18.6 Å². The number of hydrogen-bond acceptors (Lipinski definition) is 3. The first-order valence-corrected chi connectivity index (χ1v) is 8.19. The van der Waals surface area contributed by atoms with Gasteiger partial charge in [0, 0.05) is 28.9 Å². The smallest absolute Gasteiger partial charge is 0.0497 e. The van der Waals surface area contributed by atoms with Gasteiger partial charge in [0.25, 0.3) is 0 Å². The number of aliphatic hydroxyl groups is 1. The summed E-state index contributed by atoms with van der Waals surface area (Å²) in [6.45, 7) is 1.99. The molecule has 0 fully saturated rings. The Balaban J connectivity index is 2.53. The van der Waals surface area contributed by atoms with Crippen LogP contribution in [0, 0.1) is 0 Å². The van der Waals surface area contributed by atoms with Crippen molar-refractivity contribution in [2.24, 2.45) is 0 Å². The van der Waals surface area contributed by atoms with E-state index in [-0.39, 0.29) is 18.3 Å². The lowest BCUT2D eigenvalue weighted by atomic mass is 9.94. The molecule has 0 radical (unpaired) electrons. The van der Waals surface area contributed by atoms with Crippen LogP contribution in [0.4, 0.5) is 0 Å². The van der Waals surface area contributed by atoms with Crippen LogP contribution in [0.5, 0.6) is 0 Å². The average molecular weight is 324 g/mol. The maximum Gasteiger partial charge on any atom is 0.0497 e. The summed E-state index contributed by atoms with van der Waals surface area (Å²) in [5.41, 5.74) is 3.25. The molecule has 0 aliphatic carbocycles. The predicted molar refractivity (Wildman–Crippen MR) is 85.0 cm³/mol. The quantitative estimate of drug-likeness (QED) is 0.857. The highest BCUT2D eigenvalue weighted by Gasteiger charge is 2.12. The van der Waals surface area contributed by atoms with Crippen molar-refractivity contribution in [3.63, 3.8) is 0 Å². The van der Waals surface area contributed by atoms with Gasteiger partial charge in [-0.15, -0.1) is 0 Å². The van der Waals surface area contributed by atoms with Crippen LogP contribution in [-0.4, -0.2) is 20.5 Å². The highest BCUT2D eigenvalue weighted by Crippen LogP contribution is 2.33. The van der Waals surface area contributed by atoms with E-state index in [1.54, 1.807) is 18.2 Å². The fourth-order valence-corrected chi connectivity index (χ4v) is 3.04. The minimum absolute atomic E-state index is 0.0181. The molecule has 3 nitrogen and oxygen atoms in total. The summed E-state index contributed by atoms with van der Waals surface area (Å²) in [4.78, 5) is 0. The number of rotatable bonds is 5. The summed E-state index contributed by atoms with van der Waals surface area (Å²) < 4.78 is 22.0. The van der Waals surface area contributed by atoms with Gasteiger partial charge in [-0.3, -0.25) is 4.21 Å². The van der Waals surface area contributed by atoms with Crippen molar-refractivity contribution in [2.75, 3.05) is 6.61 Å². The first-order valence-electron chi connectivity index (χ1n) is 6.57. The highest BCUT2D eigenvalue weighted by atomic mass is 35.5.